The number of aldehydes is 1. The highest BCUT2D eigenvalue weighted by Crippen LogP contribution is 2.33. The normalized spacial score (nSPS) is 17.7. The van der Waals surface area contributed by atoms with Crippen molar-refractivity contribution in [2.45, 2.75) is 45.4 Å². The van der Waals surface area contributed by atoms with Crippen molar-refractivity contribution in [1.29, 1.82) is 0 Å². The van der Waals surface area contributed by atoms with Crippen LogP contribution in [0.25, 0.3) is 11.0 Å². The molecule has 0 saturated heterocycles. The van der Waals surface area contributed by atoms with Gasteiger partial charge in [-0.25, -0.2) is 9.97 Å². The first-order valence-electron chi connectivity index (χ1n) is 7.29. The second-order valence-corrected chi connectivity index (χ2v) is 6.40. The largest absolute Gasteiger partial charge is 0.366 e. The van der Waals surface area contributed by atoms with Crippen molar-refractivity contribution in [2.75, 3.05) is 0 Å². The Morgan fingerprint density at radius 3 is 2.61 bits per heavy atom. The van der Waals surface area contributed by atoms with E-state index in [2.05, 4.69) is 14.5 Å². The van der Waals surface area contributed by atoms with Crippen LogP contribution in [0.15, 0.2) is 24.2 Å². The van der Waals surface area contributed by atoms with Gasteiger partial charge >= 0.3 is 0 Å². The Hall–Kier alpha value is -1.76. The fraction of sp³-hybridized carbons (Fsp3) is 0.438. The minimum Gasteiger partial charge on any atom is -0.366 e. The van der Waals surface area contributed by atoms with E-state index in [1.54, 1.807) is 0 Å². The third-order valence-electron chi connectivity index (χ3n) is 3.40. The van der Waals surface area contributed by atoms with Crippen molar-refractivity contribution < 1.29 is 15.0 Å². The van der Waals surface area contributed by atoms with Gasteiger partial charge in [0, 0.05) is 6.20 Å². The molecular formula is C16H20ClN3O3. The molecule has 124 valence electrons. The molecule has 0 aromatic carbocycles. The molecule has 6 nitrogen and oxygen atoms in total. The zero-order valence-electron chi connectivity index (χ0n) is 13.3. The van der Waals surface area contributed by atoms with E-state index < -0.39 is 5.79 Å². The number of nitrogens with zero attached hydrogens (tertiary/aromatic N) is 3. The molecule has 0 amide bonds. The minimum atomic E-state index is -1.50. The van der Waals surface area contributed by atoms with E-state index in [4.69, 9.17) is 21.8 Å². The van der Waals surface area contributed by atoms with Gasteiger partial charge in [0.25, 0.3) is 0 Å². The van der Waals surface area contributed by atoms with Gasteiger partial charge in [-0.1, -0.05) is 17.7 Å². The number of aryl methyl sites for hydroxylation is 1. The lowest BCUT2D eigenvalue weighted by Crippen LogP contribution is -2.15. The Morgan fingerprint density at radius 2 is 2.04 bits per heavy atom. The summed E-state index contributed by atoms with van der Waals surface area (Å²) in [6.45, 7) is 4.59. The molecule has 0 saturated carbocycles. The van der Waals surface area contributed by atoms with Crippen LogP contribution < -0.4 is 0 Å². The Bertz CT molecular complexity index is 741. The molecule has 1 atom stereocenters. The number of carbonyl (C=O) groups excluding carboxylic acids is 1. The molecule has 7 heteroatoms. The third kappa shape index (κ3) is 4.37. The van der Waals surface area contributed by atoms with E-state index in [1.807, 2.05) is 19.2 Å². The highest BCUT2D eigenvalue weighted by atomic mass is 35.5. The molecule has 0 bridgehead atoms. The Morgan fingerprint density at radius 1 is 1.39 bits per heavy atom. The van der Waals surface area contributed by atoms with Crippen LogP contribution in [0.5, 0.6) is 0 Å². The summed E-state index contributed by atoms with van der Waals surface area (Å²) >= 11 is 6.10. The molecule has 2 N–H and O–H groups in total. The molecule has 1 unspecified atom stereocenters. The van der Waals surface area contributed by atoms with Crippen LogP contribution in [0.4, 0.5) is 0 Å². The van der Waals surface area contributed by atoms with E-state index in [0.29, 0.717) is 5.15 Å². The van der Waals surface area contributed by atoms with Crippen LogP contribution in [0.1, 0.15) is 38.3 Å². The molecule has 0 radical (unpaired) electrons. The predicted octanol–water partition coefficient (Wildman–Crippen LogP) is 2.56. The number of rotatable bonds is 2. The lowest BCUT2D eigenvalue weighted by atomic mass is 10.2. The van der Waals surface area contributed by atoms with E-state index in [1.165, 1.54) is 20.2 Å². The van der Waals surface area contributed by atoms with Crippen LogP contribution in [0.3, 0.4) is 0 Å². The average Bonchev–Trinajstić information content (AvgIpc) is 3.02. The molecule has 0 spiro atoms. The van der Waals surface area contributed by atoms with Gasteiger partial charge in [0.15, 0.2) is 5.79 Å². The molecule has 2 heterocycles. The summed E-state index contributed by atoms with van der Waals surface area (Å²) in [7, 11) is 0. The molecule has 23 heavy (non-hydrogen) atoms. The summed E-state index contributed by atoms with van der Waals surface area (Å²) in [6.07, 6.45) is 8.19. The summed E-state index contributed by atoms with van der Waals surface area (Å²) in [5, 5.41) is 17.5. The second-order valence-electron chi connectivity index (χ2n) is 6.04. The lowest BCUT2D eigenvalue weighted by molar-refractivity contribution is -0.127. The number of hydrogen-bond donors (Lipinski definition) is 2. The Balaban J connectivity index is 0.000000338. The topological polar surface area (TPSA) is 88.2 Å². The fourth-order valence-electron chi connectivity index (χ4n) is 2.52. The van der Waals surface area contributed by atoms with Gasteiger partial charge in [-0.15, -0.1) is 0 Å². The van der Waals surface area contributed by atoms with Gasteiger partial charge in [0.05, 0.1) is 11.4 Å². The van der Waals surface area contributed by atoms with E-state index in [9.17, 15) is 4.79 Å². The SMILES string of the molecule is CC(C)(O)O.Cc1cn(C2C=C(C=O)CC2)c2ncnc(Cl)c12. The van der Waals surface area contributed by atoms with Crippen LogP contribution in [0, 0.1) is 6.92 Å². The maximum atomic E-state index is 10.8. The number of aromatic nitrogens is 3. The maximum absolute atomic E-state index is 10.8. The van der Waals surface area contributed by atoms with Crippen LogP contribution in [-0.4, -0.2) is 36.8 Å². The van der Waals surface area contributed by atoms with Gasteiger partial charge in [-0.05, 0) is 44.7 Å². The molecule has 1 aliphatic rings. The number of hydrogen-bond acceptors (Lipinski definition) is 5. The summed E-state index contributed by atoms with van der Waals surface area (Å²) in [5.74, 6) is -1.50. The highest BCUT2D eigenvalue weighted by Gasteiger charge is 2.21. The smallest absolute Gasteiger partial charge is 0.156 e. The average molecular weight is 338 g/mol. The van der Waals surface area contributed by atoms with Crippen molar-refractivity contribution in [3.05, 3.63) is 34.9 Å². The molecule has 0 aliphatic heterocycles. The minimum absolute atomic E-state index is 0.187. The summed E-state index contributed by atoms with van der Waals surface area (Å²) in [6, 6.07) is 0.187. The first kappa shape index (κ1) is 17.6. The number of aliphatic hydroxyl groups is 2. The highest BCUT2D eigenvalue weighted by molar-refractivity contribution is 6.34. The Kier molecular flexibility index (Phi) is 5.19. The van der Waals surface area contributed by atoms with Crippen molar-refractivity contribution in [3.8, 4) is 0 Å². The Labute approximate surface area is 139 Å². The van der Waals surface area contributed by atoms with Crippen molar-refractivity contribution in [2.24, 2.45) is 0 Å². The van der Waals surface area contributed by atoms with E-state index in [0.717, 1.165) is 41.3 Å². The van der Waals surface area contributed by atoms with Gasteiger partial charge in [-0.3, -0.25) is 4.79 Å². The summed E-state index contributed by atoms with van der Waals surface area (Å²) in [4.78, 5) is 19.1. The number of fused-ring (bicyclic) bond motifs is 1. The standard InChI is InChI=1S/C13H12ClN3O.C3H8O2/c1-8-5-17(10-3-2-9(4-10)6-18)13-11(8)12(14)15-7-16-13;1-3(2,4)5/h4-7,10H,2-3H2,1H3;4-5H,1-2H3. The quantitative estimate of drug-likeness (QED) is 0.499. The second kappa shape index (κ2) is 6.78. The maximum Gasteiger partial charge on any atom is 0.156 e. The first-order chi connectivity index (χ1) is 10.7. The molecule has 0 fully saturated rings. The monoisotopic (exact) mass is 337 g/mol. The van der Waals surface area contributed by atoms with Crippen LogP contribution in [-0.2, 0) is 4.79 Å². The molecule has 2 aromatic heterocycles. The van der Waals surface area contributed by atoms with Crippen LogP contribution in [0.2, 0.25) is 5.15 Å². The third-order valence-corrected chi connectivity index (χ3v) is 3.68. The van der Waals surface area contributed by atoms with Gasteiger partial charge < -0.3 is 14.8 Å². The zero-order valence-corrected chi connectivity index (χ0v) is 14.1. The van der Waals surface area contributed by atoms with Crippen molar-refractivity contribution >= 4 is 28.9 Å². The number of carbonyl (C=O) groups is 1. The number of allylic oxidation sites excluding steroid dienone is 2. The molecular weight excluding hydrogens is 318 g/mol. The van der Waals surface area contributed by atoms with Crippen molar-refractivity contribution in [3.63, 3.8) is 0 Å². The van der Waals surface area contributed by atoms with Gasteiger partial charge in [0.1, 0.15) is 23.4 Å². The summed E-state index contributed by atoms with van der Waals surface area (Å²) in [5.41, 5.74) is 2.75. The summed E-state index contributed by atoms with van der Waals surface area (Å²) < 4.78 is 2.08. The lowest BCUT2D eigenvalue weighted by Gasteiger charge is -2.10. The zero-order chi connectivity index (χ0) is 17.2. The van der Waals surface area contributed by atoms with E-state index >= 15 is 0 Å². The molecule has 3 rings (SSSR count). The molecule has 1 aliphatic carbocycles. The molecule has 2 aromatic rings. The fourth-order valence-corrected chi connectivity index (χ4v) is 2.80. The number of halogens is 1. The van der Waals surface area contributed by atoms with Gasteiger partial charge in [0.2, 0.25) is 0 Å². The van der Waals surface area contributed by atoms with Crippen LogP contribution >= 0.6 is 11.6 Å². The van der Waals surface area contributed by atoms with Gasteiger partial charge in [-0.2, -0.15) is 0 Å². The first-order valence-corrected chi connectivity index (χ1v) is 7.66. The van der Waals surface area contributed by atoms with Crippen molar-refractivity contribution in [1.82, 2.24) is 14.5 Å². The predicted molar refractivity (Wildman–Crippen MR) is 88.2 cm³/mol. The van der Waals surface area contributed by atoms with E-state index in [-0.39, 0.29) is 6.04 Å².